The van der Waals surface area contributed by atoms with Crippen LogP contribution in [0.25, 0.3) is 0 Å². The highest BCUT2D eigenvalue weighted by Crippen LogP contribution is 2.52. The molecule has 7 nitrogen and oxygen atoms in total. The van der Waals surface area contributed by atoms with Crippen molar-refractivity contribution in [1.29, 1.82) is 0 Å². The number of benzene rings is 2. The Morgan fingerprint density at radius 3 is 1.85 bits per heavy atom. The van der Waals surface area contributed by atoms with Gasteiger partial charge in [-0.15, -0.1) is 0 Å². The first-order chi connectivity index (χ1) is 16.3. The molecule has 0 saturated carbocycles. The van der Waals surface area contributed by atoms with E-state index in [1.54, 1.807) is 18.3 Å². The van der Waals surface area contributed by atoms with E-state index in [0.717, 1.165) is 11.4 Å². The van der Waals surface area contributed by atoms with Gasteiger partial charge in [0.25, 0.3) is 0 Å². The predicted molar refractivity (Wildman–Crippen MR) is 133 cm³/mol. The Morgan fingerprint density at radius 2 is 1.38 bits per heavy atom. The van der Waals surface area contributed by atoms with E-state index >= 15 is 0 Å². The first-order valence-corrected chi connectivity index (χ1v) is 11.4. The van der Waals surface area contributed by atoms with E-state index in [4.69, 9.17) is 14.2 Å². The van der Waals surface area contributed by atoms with Crippen molar-refractivity contribution in [2.24, 2.45) is 0 Å². The second-order valence-corrected chi connectivity index (χ2v) is 8.49. The molecule has 0 atom stereocenters. The molecule has 4 rings (SSSR count). The minimum absolute atomic E-state index is 0.429. The molecule has 0 amide bonds. The minimum atomic E-state index is -1.32. The molecule has 3 aromatic rings. The zero-order valence-corrected chi connectivity index (χ0v) is 20.6. The van der Waals surface area contributed by atoms with Gasteiger partial charge in [0.1, 0.15) is 17.2 Å². The Bertz CT molecular complexity index is 1140. The third-order valence-corrected chi connectivity index (χ3v) is 5.93. The zero-order valence-electron chi connectivity index (χ0n) is 20.6. The van der Waals surface area contributed by atoms with E-state index in [2.05, 4.69) is 4.98 Å². The molecular weight excluding hydrogens is 430 g/mol. The van der Waals surface area contributed by atoms with Crippen LogP contribution in [0.3, 0.4) is 0 Å². The molecule has 178 valence electrons. The summed E-state index contributed by atoms with van der Waals surface area (Å²) in [7, 11) is 7.89. The number of ether oxygens (including phenoxy) is 3. The molecule has 0 fully saturated rings. The highest BCUT2D eigenvalue weighted by Gasteiger charge is 2.53. The molecule has 34 heavy (non-hydrogen) atoms. The Labute approximate surface area is 200 Å². The molecule has 0 aliphatic carbocycles. The second-order valence-electron chi connectivity index (χ2n) is 8.49. The maximum atomic E-state index is 13.2. The standard InChI is InChI=1S/C27H31N3O4/c1-7-32-23-16-18(29(3)4)11-13-21(23)27(25-20(26(31)34-27)10-9-15-28-25)22-14-12-19(30(5)6)17-24(22)33-8-2/h9-17H,7-8H2,1-6H3. The van der Waals surface area contributed by atoms with Crippen LogP contribution in [0, 0.1) is 0 Å². The van der Waals surface area contributed by atoms with E-state index in [-0.39, 0.29) is 0 Å². The van der Waals surface area contributed by atoms with Crippen LogP contribution in [-0.4, -0.2) is 52.4 Å². The fourth-order valence-corrected chi connectivity index (χ4v) is 4.31. The number of rotatable bonds is 8. The zero-order chi connectivity index (χ0) is 24.5. The van der Waals surface area contributed by atoms with Gasteiger partial charge in [0.05, 0.1) is 18.8 Å². The molecule has 0 radical (unpaired) electrons. The van der Waals surface area contributed by atoms with E-state index in [0.29, 0.717) is 47.1 Å². The first kappa shape index (κ1) is 23.4. The normalized spacial score (nSPS) is 13.8. The van der Waals surface area contributed by atoms with Crippen molar-refractivity contribution < 1.29 is 19.0 Å². The van der Waals surface area contributed by atoms with Crippen LogP contribution in [0.15, 0.2) is 54.7 Å². The van der Waals surface area contributed by atoms with Crippen LogP contribution in [0.5, 0.6) is 11.5 Å². The smallest absolute Gasteiger partial charge is 0.341 e. The van der Waals surface area contributed by atoms with Gasteiger partial charge in [-0.1, -0.05) is 0 Å². The number of fused-ring (bicyclic) bond motifs is 1. The fourth-order valence-electron chi connectivity index (χ4n) is 4.31. The van der Waals surface area contributed by atoms with Gasteiger partial charge in [0.15, 0.2) is 0 Å². The number of nitrogens with zero attached hydrogens (tertiary/aromatic N) is 3. The summed E-state index contributed by atoms with van der Waals surface area (Å²) in [6.45, 7) is 4.79. The largest absolute Gasteiger partial charge is 0.493 e. The molecule has 0 unspecified atom stereocenters. The van der Waals surface area contributed by atoms with E-state index in [1.165, 1.54) is 0 Å². The first-order valence-electron chi connectivity index (χ1n) is 11.4. The van der Waals surface area contributed by atoms with E-state index < -0.39 is 11.6 Å². The molecule has 2 aromatic carbocycles. The Balaban J connectivity index is 2.08. The minimum Gasteiger partial charge on any atom is -0.493 e. The lowest BCUT2D eigenvalue weighted by Gasteiger charge is -2.33. The maximum absolute atomic E-state index is 13.2. The fraction of sp³-hybridized carbons (Fsp3) is 0.333. The summed E-state index contributed by atoms with van der Waals surface area (Å²) >= 11 is 0. The quantitative estimate of drug-likeness (QED) is 0.459. The van der Waals surface area contributed by atoms with Crippen molar-refractivity contribution in [2.45, 2.75) is 19.4 Å². The summed E-state index contributed by atoms with van der Waals surface area (Å²) in [5.41, 5.74) is 2.98. The summed E-state index contributed by atoms with van der Waals surface area (Å²) in [6.07, 6.45) is 1.68. The van der Waals surface area contributed by atoms with Crippen molar-refractivity contribution in [1.82, 2.24) is 4.98 Å². The third-order valence-electron chi connectivity index (χ3n) is 5.93. The average molecular weight is 462 g/mol. The van der Waals surface area contributed by atoms with Crippen LogP contribution >= 0.6 is 0 Å². The topological polar surface area (TPSA) is 64.1 Å². The summed E-state index contributed by atoms with van der Waals surface area (Å²) < 4.78 is 18.5. The highest BCUT2D eigenvalue weighted by atomic mass is 16.6. The summed E-state index contributed by atoms with van der Waals surface area (Å²) in [5.74, 6) is 0.819. The molecule has 1 aliphatic heterocycles. The Morgan fingerprint density at radius 1 is 0.853 bits per heavy atom. The molecule has 0 spiro atoms. The number of pyridine rings is 1. The second kappa shape index (κ2) is 9.25. The summed E-state index contributed by atoms with van der Waals surface area (Å²) in [4.78, 5) is 21.8. The number of aromatic nitrogens is 1. The van der Waals surface area contributed by atoms with E-state index in [9.17, 15) is 4.79 Å². The van der Waals surface area contributed by atoms with Gasteiger partial charge < -0.3 is 24.0 Å². The van der Waals surface area contributed by atoms with Gasteiger partial charge in [0.2, 0.25) is 5.60 Å². The molecule has 7 heteroatoms. The third kappa shape index (κ3) is 3.81. The SMILES string of the molecule is CCOc1cc(N(C)C)ccc1C1(c2ccc(N(C)C)cc2OCC)OC(=O)c2cccnc21. The summed E-state index contributed by atoms with van der Waals surface area (Å²) in [5, 5.41) is 0. The van der Waals surface area contributed by atoms with Gasteiger partial charge >= 0.3 is 5.97 Å². The van der Waals surface area contributed by atoms with Crippen molar-refractivity contribution in [3.8, 4) is 11.5 Å². The Hall–Kier alpha value is -3.74. The van der Waals surface area contributed by atoms with Gasteiger partial charge in [-0.25, -0.2) is 4.79 Å². The van der Waals surface area contributed by atoms with Crippen molar-refractivity contribution in [3.63, 3.8) is 0 Å². The summed E-state index contributed by atoms with van der Waals surface area (Å²) in [6, 6.07) is 15.3. The van der Waals surface area contributed by atoms with E-state index in [1.807, 2.05) is 88.2 Å². The van der Waals surface area contributed by atoms with Crippen molar-refractivity contribution in [3.05, 3.63) is 77.1 Å². The monoisotopic (exact) mass is 461 g/mol. The number of carbonyl (C=O) groups is 1. The number of carbonyl (C=O) groups excluding carboxylic acids is 1. The number of hydrogen-bond donors (Lipinski definition) is 0. The van der Waals surface area contributed by atoms with Crippen molar-refractivity contribution in [2.75, 3.05) is 51.2 Å². The lowest BCUT2D eigenvalue weighted by Crippen LogP contribution is -2.32. The molecule has 0 bridgehead atoms. The molecule has 0 saturated heterocycles. The maximum Gasteiger partial charge on any atom is 0.341 e. The van der Waals surface area contributed by atoms with Crippen molar-refractivity contribution >= 4 is 17.3 Å². The van der Waals surface area contributed by atoms with Crippen LogP contribution < -0.4 is 19.3 Å². The van der Waals surface area contributed by atoms with Gasteiger partial charge in [-0.2, -0.15) is 0 Å². The number of hydrogen-bond acceptors (Lipinski definition) is 7. The van der Waals surface area contributed by atoms with Crippen LogP contribution in [-0.2, 0) is 10.3 Å². The molecular formula is C27H31N3O4. The number of cyclic esters (lactones) is 1. The average Bonchev–Trinajstić information content (AvgIpc) is 3.12. The highest BCUT2D eigenvalue weighted by molar-refractivity contribution is 5.96. The lowest BCUT2D eigenvalue weighted by molar-refractivity contribution is 0.0228. The van der Waals surface area contributed by atoms with Gasteiger partial charge in [0, 0.05) is 69.0 Å². The number of esters is 1. The van der Waals surface area contributed by atoms with Gasteiger partial charge in [-0.3, -0.25) is 4.98 Å². The molecule has 0 N–H and O–H groups in total. The lowest BCUT2D eigenvalue weighted by atomic mass is 9.81. The molecule has 2 heterocycles. The Kier molecular flexibility index (Phi) is 6.37. The van der Waals surface area contributed by atoms with Crippen LogP contribution in [0.1, 0.15) is 41.0 Å². The predicted octanol–water partition coefficient (Wildman–Crippen LogP) is 4.47. The number of anilines is 2. The molecule has 1 aromatic heterocycles. The molecule has 1 aliphatic rings. The van der Waals surface area contributed by atoms with Gasteiger partial charge in [-0.05, 0) is 50.2 Å². The van der Waals surface area contributed by atoms with Crippen LogP contribution in [0.4, 0.5) is 11.4 Å². The van der Waals surface area contributed by atoms with Crippen LogP contribution in [0.2, 0.25) is 0 Å².